The summed E-state index contributed by atoms with van der Waals surface area (Å²) in [5, 5.41) is 6.03. The van der Waals surface area contributed by atoms with Crippen molar-refractivity contribution in [2.24, 2.45) is 0 Å². The first kappa shape index (κ1) is 25.1. The zero-order valence-electron chi connectivity index (χ0n) is 24.9. The standard InChI is InChI=1S/C41H27N3S/c1-41(2)31-18-8-5-15-27(31)36-29(17-11-19-32(36)41)37-39(43-40-38(42-37)28-16-7-10-21-35(28)45-40)44-33-20-9-6-14-26(33)30-22-24-12-3-4-13-25(24)23-34(30)44/h3-23H,1-2H3. The molecule has 0 saturated carbocycles. The van der Waals surface area contributed by atoms with Crippen LogP contribution in [-0.4, -0.2) is 14.5 Å². The van der Waals surface area contributed by atoms with Gasteiger partial charge in [0.15, 0.2) is 5.82 Å². The molecule has 45 heavy (non-hydrogen) atoms. The molecule has 0 bridgehead atoms. The van der Waals surface area contributed by atoms with Crippen molar-refractivity contribution >= 4 is 64.3 Å². The van der Waals surface area contributed by atoms with Crippen molar-refractivity contribution in [2.75, 3.05) is 0 Å². The minimum Gasteiger partial charge on any atom is -0.292 e. The molecule has 0 N–H and O–H groups in total. The summed E-state index contributed by atoms with van der Waals surface area (Å²) in [4.78, 5) is 12.1. The second-order valence-electron chi connectivity index (χ2n) is 12.6. The van der Waals surface area contributed by atoms with Crippen LogP contribution >= 0.6 is 11.3 Å². The maximum Gasteiger partial charge on any atom is 0.166 e. The second-order valence-corrected chi connectivity index (χ2v) is 13.6. The van der Waals surface area contributed by atoms with Gasteiger partial charge in [-0.2, -0.15) is 0 Å². The van der Waals surface area contributed by atoms with E-state index in [1.165, 1.54) is 48.5 Å². The van der Waals surface area contributed by atoms with E-state index in [2.05, 4.69) is 146 Å². The molecule has 0 fully saturated rings. The summed E-state index contributed by atoms with van der Waals surface area (Å²) in [5.41, 5.74) is 10.4. The van der Waals surface area contributed by atoms with Crippen molar-refractivity contribution < 1.29 is 0 Å². The fourth-order valence-corrected chi connectivity index (χ4v) is 8.70. The monoisotopic (exact) mass is 593 g/mol. The molecular weight excluding hydrogens is 567 g/mol. The fraction of sp³-hybridized carbons (Fsp3) is 0.0732. The number of fused-ring (bicyclic) bond motifs is 10. The lowest BCUT2D eigenvalue weighted by atomic mass is 9.82. The number of benzene rings is 6. The first-order valence-corrected chi connectivity index (χ1v) is 16.2. The van der Waals surface area contributed by atoms with Crippen LogP contribution in [0.15, 0.2) is 127 Å². The average molecular weight is 594 g/mol. The van der Waals surface area contributed by atoms with Crippen molar-refractivity contribution in [3.63, 3.8) is 0 Å². The first-order chi connectivity index (χ1) is 22.1. The Labute approximate surface area is 264 Å². The summed E-state index contributed by atoms with van der Waals surface area (Å²) in [7, 11) is 0. The molecule has 0 atom stereocenters. The van der Waals surface area contributed by atoms with Gasteiger partial charge in [-0.05, 0) is 57.3 Å². The average Bonchev–Trinajstić information content (AvgIpc) is 3.68. The molecule has 6 aromatic carbocycles. The van der Waals surface area contributed by atoms with Gasteiger partial charge in [-0.15, -0.1) is 11.3 Å². The van der Waals surface area contributed by atoms with Gasteiger partial charge < -0.3 is 0 Å². The lowest BCUT2D eigenvalue weighted by Crippen LogP contribution is -2.14. The number of aromatic nitrogens is 3. The molecule has 3 nitrogen and oxygen atoms in total. The lowest BCUT2D eigenvalue weighted by Gasteiger charge is -2.21. The normalized spacial score (nSPS) is 13.7. The molecule has 1 aliphatic rings. The van der Waals surface area contributed by atoms with Crippen LogP contribution in [0.4, 0.5) is 0 Å². The van der Waals surface area contributed by atoms with Gasteiger partial charge in [0, 0.05) is 31.8 Å². The zero-order chi connectivity index (χ0) is 29.9. The Kier molecular flexibility index (Phi) is 4.94. The summed E-state index contributed by atoms with van der Waals surface area (Å²) in [6.07, 6.45) is 0. The molecule has 3 heterocycles. The van der Waals surface area contributed by atoms with Gasteiger partial charge >= 0.3 is 0 Å². The molecule has 10 rings (SSSR count). The quantitative estimate of drug-likeness (QED) is 0.200. The minimum atomic E-state index is -0.111. The van der Waals surface area contributed by atoms with Gasteiger partial charge in [0.2, 0.25) is 0 Å². The number of hydrogen-bond acceptors (Lipinski definition) is 3. The van der Waals surface area contributed by atoms with Gasteiger partial charge in [-0.1, -0.05) is 117 Å². The number of nitrogens with zero attached hydrogens (tertiary/aromatic N) is 3. The summed E-state index contributed by atoms with van der Waals surface area (Å²) >= 11 is 1.72. The van der Waals surface area contributed by atoms with Crippen LogP contribution in [0.1, 0.15) is 25.0 Å². The van der Waals surface area contributed by atoms with Crippen LogP contribution in [0.25, 0.3) is 81.2 Å². The third kappa shape index (κ3) is 3.35. The third-order valence-electron chi connectivity index (χ3n) is 9.81. The minimum absolute atomic E-state index is 0.111. The predicted octanol–water partition coefficient (Wildman–Crippen LogP) is 11.1. The molecule has 4 heteroatoms. The topological polar surface area (TPSA) is 30.7 Å². The highest BCUT2D eigenvalue weighted by Gasteiger charge is 2.37. The lowest BCUT2D eigenvalue weighted by molar-refractivity contribution is 0.660. The van der Waals surface area contributed by atoms with E-state index in [1.807, 2.05) is 0 Å². The molecule has 0 radical (unpaired) electrons. The van der Waals surface area contributed by atoms with Crippen LogP contribution in [0.3, 0.4) is 0 Å². The van der Waals surface area contributed by atoms with Gasteiger partial charge in [0.25, 0.3) is 0 Å². The van der Waals surface area contributed by atoms with Gasteiger partial charge in [0.1, 0.15) is 16.0 Å². The van der Waals surface area contributed by atoms with Crippen molar-refractivity contribution in [1.82, 2.24) is 14.5 Å². The van der Waals surface area contributed by atoms with Crippen LogP contribution < -0.4 is 0 Å². The van der Waals surface area contributed by atoms with Gasteiger partial charge in [-0.3, -0.25) is 4.57 Å². The molecule has 0 unspecified atom stereocenters. The Bertz CT molecular complexity index is 2690. The molecular formula is C41H27N3S. The highest BCUT2D eigenvalue weighted by Crippen LogP contribution is 2.52. The van der Waals surface area contributed by atoms with Crippen molar-refractivity contribution in [1.29, 1.82) is 0 Å². The third-order valence-corrected chi connectivity index (χ3v) is 10.9. The largest absolute Gasteiger partial charge is 0.292 e. The van der Waals surface area contributed by atoms with Gasteiger partial charge in [-0.25, -0.2) is 9.97 Å². The Morgan fingerprint density at radius 3 is 2.16 bits per heavy atom. The Hall–Kier alpha value is -5.32. The van der Waals surface area contributed by atoms with E-state index in [4.69, 9.17) is 9.97 Å². The maximum absolute atomic E-state index is 5.59. The van der Waals surface area contributed by atoms with Crippen molar-refractivity contribution in [2.45, 2.75) is 19.3 Å². The predicted molar refractivity (Wildman–Crippen MR) is 190 cm³/mol. The smallest absolute Gasteiger partial charge is 0.166 e. The Morgan fingerprint density at radius 1 is 0.578 bits per heavy atom. The van der Waals surface area contributed by atoms with Crippen LogP contribution in [0.5, 0.6) is 0 Å². The van der Waals surface area contributed by atoms with E-state index >= 15 is 0 Å². The SMILES string of the molecule is CC1(C)c2ccccc2-c2c(-c3nc4c(nc3-n3c5ccccc5c5cc6ccccc6cc53)sc3ccccc34)cccc21. The fourth-order valence-electron chi connectivity index (χ4n) is 7.69. The van der Waals surface area contributed by atoms with E-state index < -0.39 is 0 Å². The maximum atomic E-state index is 5.59. The van der Waals surface area contributed by atoms with Crippen molar-refractivity contribution in [3.8, 4) is 28.2 Å². The highest BCUT2D eigenvalue weighted by atomic mass is 32.1. The number of rotatable bonds is 2. The second kappa shape index (κ2) is 8.87. The van der Waals surface area contributed by atoms with E-state index in [0.29, 0.717) is 0 Å². The van der Waals surface area contributed by atoms with E-state index in [-0.39, 0.29) is 5.41 Å². The van der Waals surface area contributed by atoms with Crippen LogP contribution in [-0.2, 0) is 5.41 Å². The Balaban J connectivity index is 1.39. The van der Waals surface area contributed by atoms with Crippen LogP contribution in [0, 0.1) is 0 Å². The number of para-hydroxylation sites is 1. The van der Waals surface area contributed by atoms with E-state index in [9.17, 15) is 0 Å². The highest BCUT2D eigenvalue weighted by molar-refractivity contribution is 7.25. The van der Waals surface area contributed by atoms with Gasteiger partial charge in [0.05, 0.1) is 11.0 Å². The zero-order valence-corrected chi connectivity index (χ0v) is 25.7. The first-order valence-electron chi connectivity index (χ1n) is 15.4. The van der Waals surface area contributed by atoms with Crippen molar-refractivity contribution in [3.05, 3.63) is 139 Å². The van der Waals surface area contributed by atoms with Crippen LogP contribution in [0.2, 0.25) is 0 Å². The van der Waals surface area contributed by atoms with E-state index in [1.54, 1.807) is 11.3 Å². The summed E-state index contributed by atoms with van der Waals surface area (Å²) in [6, 6.07) is 46.1. The number of thiophene rings is 1. The molecule has 1 aliphatic carbocycles. The molecule has 0 amide bonds. The summed E-state index contributed by atoms with van der Waals surface area (Å²) in [6.45, 7) is 4.67. The molecule has 212 valence electrons. The summed E-state index contributed by atoms with van der Waals surface area (Å²) in [5.74, 6) is 0.867. The molecule has 0 aliphatic heterocycles. The Morgan fingerprint density at radius 2 is 1.27 bits per heavy atom. The molecule has 0 saturated heterocycles. The molecule has 0 spiro atoms. The summed E-state index contributed by atoms with van der Waals surface area (Å²) < 4.78 is 3.56. The number of hydrogen-bond donors (Lipinski definition) is 0. The van der Waals surface area contributed by atoms with E-state index in [0.717, 1.165) is 43.8 Å². The molecule has 9 aromatic rings. The molecule has 3 aromatic heterocycles.